The van der Waals surface area contributed by atoms with Crippen molar-refractivity contribution in [1.82, 2.24) is 5.32 Å². The summed E-state index contributed by atoms with van der Waals surface area (Å²) in [7, 11) is 1.45. The van der Waals surface area contributed by atoms with Crippen LogP contribution < -0.4 is 15.4 Å². The lowest BCUT2D eigenvalue weighted by atomic mass is 10.2. The van der Waals surface area contributed by atoms with Gasteiger partial charge in [-0.2, -0.15) is 0 Å². The molecule has 144 valence electrons. The van der Waals surface area contributed by atoms with Crippen molar-refractivity contribution in [3.63, 3.8) is 0 Å². The molecule has 0 heterocycles. The molecule has 26 heavy (non-hydrogen) atoms. The first-order chi connectivity index (χ1) is 12.1. The molecule has 2 amide bonds. The zero-order valence-electron chi connectivity index (χ0n) is 15.2. The minimum Gasteiger partial charge on any atom is -0.495 e. The van der Waals surface area contributed by atoms with E-state index in [2.05, 4.69) is 10.6 Å². The Bertz CT molecular complexity index is 657. The maximum Gasteiger partial charge on any atom is 0.407 e. The van der Waals surface area contributed by atoms with E-state index < -0.39 is 30.2 Å². The highest BCUT2D eigenvalue weighted by Crippen LogP contribution is 2.27. The van der Waals surface area contributed by atoms with E-state index in [1.807, 2.05) is 0 Å². The molecule has 9 heteroatoms. The standard InChI is InChI=1S/C17H23ClN2O6/c1-17(2,3)26-16(23)19-8-7-15(22)25-10-14(21)20-12-9-11(18)5-6-13(12)24-4/h5-6,9H,7-8,10H2,1-4H3,(H,19,23)(H,20,21). The van der Waals surface area contributed by atoms with Crippen LogP contribution in [0.1, 0.15) is 27.2 Å². The number of carbonyl (C=O) groups excluding carboxylic acids is 3. The quantitative estimate of drug-likeness (QED) is 0.698. The number of hydrogen-bond donors (Lipinski definition) is 2. The number of hydrogen-bond acceptors (Lipinski definition) is 6. The van der Waals surface area contributed by atoms with Gasteiger partial charge in [-0.05, 0) is 39.0 Å². The molecular weight excluding hydrogens is 364 g/mol. The molecule has 0 saturated heterocycles. The number of alkyl carbamates (subject to hydrolysis) is 1. The zero-order chi connectivity index (χ0) is 19.7. The Hall–Kier alpha value is -2.48. The van der Waals surface area contributed by atoms with Gasteiger partial charge in [-0.25, -0.2) is 4.79 Å². The molecule has 0 aliphatic rings. The number of nitrogens with one attached hydrogen (secondary N) is 2. The number of ether oxygens (including phenoxy) is 3. The zero-order valence-corrected chi connectivity index (χ0v) is 15.9. The molecule has 2 N–H and O–H groups in total. The lowest BCUT2D eigenvalue weighted by Crippen LogP contribution is -2.34. The third-order valence-electron chi connectivity index (χ3n) is 2.80. The first-order valence-electron chi connectivity index (χ1n) is 7.86. The van der Waals surface area contributed by atoms with E-state index in [9.17, 15) is 14.4 Å². The number of halogens is 1. The van der Waals surface area contributed by atoms with Gasteiger partial charge in [-0.3, -0.25) is 9.59 Å². The van der Waals surface area contributed by atoms with Gasteiger partial charge >= 0.3 is 12.1 Å². The maximum atomic E-state index is 11.9. The second-order valence-corrected chi connectivity index (χ2v) is 6.67. The smallest absolute Gasteiger partial charge is 0.407 e. The number of benzene rings is 1. The van der Waals surface area contributed by atoms with Crippen LogP contribution in [0.25, 0.3) is 0 Å². The lowest BCUT2D eigenvalue weighted by Gasteiger charge is -2.19. The van der Waals surface area contributed by atoms with E-state index in [-0.39, 0.29) is 13.0 Å². The number of methoxy groups -OCH3 is 1. The fourth-order valence-corrected chi connectivity index (χ4v) is 1.94. The van der Waals surface area contributed by atoms with Crippen LogP contribution in [0.2, 0.25) is 5.02 Å². The predicted molar refractivity (Wildman–Crippen MR) is 96.4 cm³/mol. The van der Waals surface area contributed by atoms with Crippen LogP contribution in [0.3, 0.4) is 0 Å². The molecule has 0 aliphatic heterocycles. The van der Waals surface area contributed by atoms with Crippen molar-refractivity contribution in [2.24, 2.45) is 0 Å². The largest absolute Gasteiger partial charge is 0.495 e. The van der Waals surface area contributed by atoms with Gasteiger partial charge in [-0.1, -0.05) is 11.6 Å². The Morgan fingerprint density at radius 2 is 1.88 bits per heavy atom. The van der Waals surface area contributed by atoms with Crippen LogP contribution in [0, 0.1) is 0 Å². The van der Waals surface area contributed by atoms with Crippen molar-refractivity contribution >= 4 is 35.3 Å². The molecule has 1 aromatic carbocycles. The van der Waals surface area contributed by atoms with Gasteiger partial charge in [0.05, 0.1) is 19.2 Å². The second-order valence-electron chi connectivity index (χ2n) is 6.23. The fourth-order valence-electron chi connectivity index (χ4n) is 1.76. The summed E-state index contributed by atoms with van der Waals surface area (Å²) >= 11 is 5.87. The van der Waals surface area contributed by atoms with E-state index >= 15 is 0 Å². The van der Waals surface area contributed by atoms with Crippen LogP contribution in [0.4, 0.5) is 10.5 Å². The van der Waals surface area contributed by atoms with Gasteiger partial charge in [0.15, 0.2) is 6.61 Å². The molecule has 0 spiro atoms. The van der Waals surface area contributed by atoms with Gasteiger partial charge < -0.3 is 24.8 Å². The first kappa shape index (κ1) is 21.6. The van der Waals surface area contributed by atoms with Gasteiger partial charge in [0.2, 0.25) is 0 Å². The summed E-state index contributed by atoms with van der Waals surface area (Å²) in [5, 5.41) is 5.39. The van der Waals surface area contributed by atoms with E-state index in [1.54, 1.807) is 32.9 Å². The van der Waals surface area contributed by atoms with Crippen molar-refractivity contribution in [3.8, 4) is 5.75 Å². The highest BCUT2D eigenvalue weighted by Gasteiger charge is 2.16. The fraction of sp³-hybridized carbons (Fsp3) is 0.471. The first-order valence-corrected chi connectivity index (χ1v) is 8.24. The third kappa shape index (κ3) is 8.57. The molecule has 1 aromatic rings. The SMILES string of the molecule is COc1ccc(Cl)cc1NC(=O)COC(=O)CCNC(=O)OC(C)(C)C. The summed E-state index contributed by atoms with van der Waals surface area (Å²) < 4.78 is 15.0. The van der Waals surface area contributed by atoms with Crippen LogP contribution >= 0.6 is 11.6 Å². The van der Waals surface area contributed by atoms with Crippen LogP contribution in [-0.4, -0.2) is 43.8 Å². The molecular formula is C17H23ClN2O6. The van der Waals surface area contributed by atoms with Gasteiger partial charge in [0.25, 0.3) is 5.91 Å². The highest BCUT2D eigenvalue weighted by molar-refractivity contribution is 6.31. The minimum atomic E-state index is -0.630. The second kappa shape index (κ2) is 9.86. The van der Waals surface area contributed by atoms with Crippen LogP contribution in [0.15, 0.2) is 18.2 Å². The summed E-state index contributed by atoms with van der Waals surface area (Å²) in [6, 6.07) is 4.74. The molecule has 0 radical (unpaired) electrons. The van der Waals surface area contributed by atoms with E-state index in [0.29, 0.717) is 16.5 Å². The summed E-state index contributed by atoms with van der Waals surface area (Å²) in [5.41, 5.74) is -0.253. The summed E-state index contributed by atoms with van der Waals surface area (Å²) in [4.78, 5) is 34.9. The average Bonchev–Trinajstić information content (AvgIpc) is 2.51. The number of carbonyl (C=O) groups is 3. The monoisotopic (exact) mass is 386 g/mol. The Kier molecular flexibility index (Phi) is 8.18. The number of anilines is 1. The summed E-state index contributed by atoms with van der Waals surface area (Å²) in [6.07, 6.45) is -0.719. The van der Waals surface area contributed by atoms with E-state index in [1.165, 1.54) is 13.2 Å². The van der Waals surface area contributed by atoms with E-state index in [4.69, 9.17) is 25.8 Å². The van der Waals surface area contributed by atoms with Gasteiger partial charge in [0.1, 0.15) is 11.4 Å². The van der Waals surface area contributed by atoms with Crippen molar-refractivity contribution in [2.45, 2.75) is 32.8 Å². The van der Waals surface area contributed by atoms with Gasteiger partial charge in [0, 0.05) is 11.6 Å². The maximum absolute atomic E-state index is 11.9. The Labute approximate surface area is 157 Å². The predicted octanol–water partition coefficient (Wildman–Crippen LogP) is 2.75. The number of amides is 2. The average molecular weight is 387 g/mol. The highest BCUT2D eigenvalue weighted by atomic mass is 35.5. The molecule has 0 saturated carbocycles. The van der Waals surface area contributed by atoms with Crippen LogP contribution in [-0.2, 0) is 19.1 Å². The van der Waals surface area contributed by atoms with E-state index in [0.717, 1.165) is 0 Å². The normalized spacial score (nSPS) is 10.7. The number of rotatable bonds is 7. The Morgan fingerprint density at radius 1 is 1.19 bits per heavy atom. The van der Waals surface area contributed by atoms with Crippen molar-refractivity contribution in [1.29, 1.82) is 0 Å². The molecule has 0 bridgehead atoms. The van der Waals surface area contributed by atoms with Gasteiger partial charge in [-0.15, -0.1) is 0 Å². The molecule has 8 nitrogen and oxygen atoms in total. The van der Waals surface area contributed by atoms with Crippen molar-refractivity contribution < 1.29 is 28.6 Å². The summed E-state index contributed by atoms with van der Waals surface area (Å²) in [5.74, 6) is -0.746. The van der Waals surface area contributed by atoms with Crippen molar-refractivity contribution in [2.75, 3.05) is 25.6 Å². The third-order valence-corrected chi connectivity index (χ3v) is 3.03. The minimum absolute atomic E-state index is 0.0392. The molecule has 0 unspecified atom stereocenters. The number of esters is 1. The Morgan fingerprint density at radius 3 is 2.50 bits per heavy atom. The van der Waals surface area contributed by atoms with Crippen LogP contribution in [0.5, 0.6) is 5.75 Å². The lowest BCUT2D eigenvalue weighted by molar-refractivity contribution is -0.147. The Balaban J connectivity index is 2.33. The summed E-state index contributed by atoms with van der Waals surface area (Å²) in [6.45, 7) is 4.76. The molecule has 0 aliphatic carbocycles. The topological polar surface area (TPSA) is 103 Å². The molecule has 0 fully saturated rings. The molecule has 1 rings (SSSR count). The molecule has 0 aromatic heterocycles. The molecule has 0 atom stereocenters. The van der Waals surface area contributed by atoms with Crippen molar-refractivity contribution in [3.05, 3.63) is 23.2 Å².